The van der Waals surface area contributed by atoms with Crippen molar-refractivity contribution in [2.24, 2.45) is 0 Å². The molecule has 0 aliphatic heterocycles. The molecule has 0 aromatic heterocycles. The van der Waals surface area contributed by atoms with Gasteiger partial charge in [0.05, 0.1) is 21.0 Å². The van der Waals surface area contributed by atoms with Gasteiger partial charge in [-0.25, -0.2) is 22.3 Å². The van der Waals surface area contributed by atoms with Crippen molar-refractivity contribution in [1.82, 2.24) is 0 Å². The lowest BCUT2D eigenvalue weighted by Crippen LogP contribution is -2.62. The van der Waals surface area contributed by atoms with E-state index in [2.05, 4.69) is 4.74 Å². The summed E-state index contributed by atoms with van der Waals surface area (Å²) in [6.07, 6.45) is -29.7. The lowest BCUT2D eigenvalue weighted by Gasteiger charge is -2.40. The van der Waals surface area contributed by atoms with Gasteiger partial charge in [-0.3, -0.25) is 20.2 Å². The van der Waals surface area contributed by atoms with E-state index in [0.717, 1.165) is 0 Å². The maximum absolute atomic E-state index is 15.1. The molecule has 0 bridgehead atoms. The number of alkyl halides is 12. The molecule has 0 radical (unpaired) electrons. The molecule has 0 saturated heterocycles. The summed E-state index contributed by atoms with van der Waals surface area (Å²) in [5.74, 6) is -4.26. The van der Waals surface area contributed by atoms with Crippen molar-refractivity contribution in [3.63, 3.8) is 0 Å². The summed E-state index contributed by atoms with van der Waals surface area (Å²) in [7, 11) is 0. The SMILES string of the molecule is O=[N+]([O-])c1ccc(F)cc1C(F)(C(F)(F)F)C(F)(F)OC(F)(F)C(F)(c1cc(F)ccc1[N+](=O)[O-])C(F)(F)F. The van der Waals surface area contributed by atoms with Gasteiger partial charge in [-0.15, -0.1) is 0 Å². The van der Waals surface area contributed by atoms with Gasteiger partial charge in [-0.05, 0) is 24.3 Å². The minimum absolute atomic E-state index is 0.0780. The van der Waals surface area contributed by atoms with Crippen LogP contribution < -0.4 is 0 Å². The highest BCUT2D eigenvalue weighted by molar-refractivity contribution is 5.48. The number of rotatable bonds is 8. The zero-order chi connectivity index (χ0) is 30.6. The summed E-state index contributed by atoms with van der Waals surface area (Å²) < 4.78 is 199. The minimum Gasteiger partial charge on any atom is -0.258 e. The zero-order valence-corrected chi connectivity index (χ0v) is 17.7. The van der Waals surface area contributed by atoms with Crippen LogP contribution in [0.1, 0.15) is 11.1 Å². The zero-order valence-electron chi connectivity index (χ0n) is 17.7. The van der Waals surface area contributed by atoms with Crippen LogP contribution in [0.3, 0.4) is 0 Å². The van der Waals surface area contributed by atoms with Crippen LogP contribution in [0.2, 0.25) is 0 Å². The summed E-state index contributed by atoms with van der Waals surface area (Å²) in [5.41, 5.74) is -24.9. The van der Waals surface area contributed by atoms with E-state index >= 15 is 8.78 Å². The summed E-state index contributed by atoms with van der Waals surface area (Å²) in [6, 6.07) is -2.78. The number of ether oxygens (including phenoxy) is 1. The van der Waals surface area contributed by atoms with Crippen molar-refractivity contribution in [2.75, 3.05) is 0 Å². The van der Waals surface area contributed by atoms with Gasteiger partial charge >= 0.3 is 35.9 Å². The lowest BCUT2D eigenvalue weighted by atomic mass is 9.90. The molecule has 0 fully saturated rings. The molecule has 21 heteroatoms. The predicted octanol–water partition coefficient (Wildman–Crippen LogP) is 7.14. The van der Waals surface area contributed by atoms with Gasteiger partial charge in [0.1, 0.15) is 11.6 Å². The number of halogens is 14. The lowest BCUT2D eigenvalue weighted by molar-refractivity contribution is -0.491. The van der Waals surface area contributed by atoms with E-state index in [1.54, 1.807) is 0 Å². The molecule has 2 aromatic carbocycles. The molecule has 216 valence electrons. The van der Waals surface area contributed by atoms with Crippen molar-refractivity contribution >= 4 is 11.4 Å². The monoisotopic (exact) mass is 596 g/mol. The average molecular weight is 596 g/mol. The molecule has 0 N–H and O–H groups in total. The number of hydrogen-bond donors (Lipinski definition) is 0. The molecule has 0 saturated carbocycles. The number of nitro groups is 2. The van der Waals surface area contributed by atoms with E-state index in [0.29, 0.717) is 0 Å². The number of hydrogen-bond acceptors (Lipinski definition) is 5. The van der Waals surface area contributed by atoms with Crippen molar-refractivity contribution in [3.8, 4) is 0 Å². The summed E-state index contributed by atoms with van der Waals surface area (Å²) >= 11 is 0. The molecule has 0 heterocycles. The quantitative estimate of drug-likeness (QED) is 0.184. The Morgan fingerprint density at radius 1 is 0.564 bits per heavy atom. The molecule has 0 aliphatic carbocycles. The Kier molecular flexibility index (Phi) is 7.62. The van der Waals surface area contributed by atoms with Crippen LogP contribution in [0.15, 0.2) is 36.4 Å². The Labute approximate surface area is 203 Å². The fourth-order valence-electron chi connectivity index (χ4n) is 3.14. The smallest absolute Gasteiger partial charge is 0.258 e. The maximum Gasteiger partial charge on any atom is 0.435 e. The molecular formula is C18H6F14N2O5. The predicted molar refractivity (Wildman–Crippen MR) is 94.8 cm³/mol. The van der Waals surface area contributed by atoms with Crippen molar-refractivity contribution in [1.29, 1.82) is 0 Å². The highest BCUT2D eigenvalue weighted by Crippen LogP contribution is 2.61. The second-order valence-electron chi connectivity index (χ2n) is 7.29. The van der Waals surface area contributed by atoms with Crippen LogP contribution in [0.4, 0.5) is 72.8 Å². The van der Waals surface area contributed by atoms with Gasteiger partial charge < -0.3 is 0 Å². The number of nitro benzene ring substituents is 2. The Bertz CT molecular complexity index is 1200. The van der Waals surface area contributed by atoms with Gasteiger partial charge in [0.2, 0.25) is 0 Å². The highest BCUT2D eigenvalue weighted by Gasteiger charge is 2.82. The van der Waals surface area contributed by atoms with Crippen LogP contribution >= 0.6 is 0 Å². The van der Waals surface area contributed by atoms with E-state index in [9.17, 15) is 72.9 Å². The van der Waals surface area contributed by atoms with E-state index in [1.165, 1.54) is 0 Å². The molecular weight excluding hydrogens is 590 g/mol. The minimum atomic E-state index is -7.49. The topological polar surface area (TPSA) is 95.5 Å². The van der Waals surface area contributed by atoms with Gasteiger partial charge in [0.25, 0.3) is 11.4 Å². The molecule has 0 amide bonds. The largest absolute Gasteiger partial charge is 0.435 e. The fourth-order valence-corrected chi connectivity index (χ4v) is 3.14. The van der Waals surface area contributed by atoms with E-state index in [1.807, 2.05) is 0 Å². The van der Waals surface area contributed by atoms with Crippen LogP contribution in [0.25, 0.3) is 0 Å². The highest BCUT2D eigenvalue weighted by atomic mass is 19.4. The normalized spacial score (nSPS) is 16.4. The third-order valence-corrected chi connectivity index (χ3v) is 4.89. The fraction of sp³-hybridized carbons (Fsp3) is 0.333. The second-order valence-corrected chi connectivity index (χ2v) is 7.29. The first-order valence-electron chi connectivity index (χ1n) is 9.21. The summed E-state index contributed by atoms with van der Waals surface area (Å²) in [6.45, 7) is 0. The van der Waals surface area contributed by atoms with Crippen LogP contribution in [-0.2, 0) is 16.1 Å². The standard InChI is InChI=1S/C18H6F14N2O5/c19-7-1-3-11(33(35)36)9(5-7)13(21,15(23,24)25)17(29,30)39-18(31,32)14(22,16(26,27)28)10-6-8(20)2-4-12(10)34(37)38/h1-6H. The van der Waals surface area contributed by atoms with Crippen LogP contribution in [0.5, 0.6) is 0 Å². The molecule has 2 atom stereocenters. The molecule has 2 aromatic rings. The maximum atomic E-state index is 15.1. The summed E-state index contributed by atoms with van der Waals surface area (Å²) in [5, 5.41) is 21.9. The van der Waals surface area contributed by atoms with Gasteiger partial charge in [0, 0.05) is 12.1 Å². The van der Waals surface area contributed by atoms with E-state index < -0.39 is 92.0 Å². The van der Waals surface area contributed by atoms with Gasteiger partial charge in [-0.2, -0.15) is 43.9 Å². The second kappa shape index (κ2) is 9.45. The van der Waals surface area contributed by atoms with Gasteiger partial charge in [-0.1, -0.05) is 0 Å². The van der Waals surface area contributed by atoms with Crippen LogP contribution in [-0.4, -0.2) is 34.4 Å². The molecule has 0 aliphatic rings. The van der Waals surface area contributed by atoms with Crippen molar-refractivity contribution < 1.29 is 76.0 Å². The Hall–Kier alpha value is -3.78. The molecule has 2 unspecified atom stereocenters. The third-order valence-electron chi connectivity index (χ3n) is 4.89. The molecule has 0 spiro atoms. The first-order chi connectivity index (χ1) is 17.3. The first kappa shape index (κ1) is 31.4. The summed E-state index contributed by atoms with van der Waals surface area (Å²) in [4.78, 5) is 17.8. The number of benzene rings is 2. The van der Waals surface area contributed by atoms with Crippen molar-refractivity contribution in [2.45, 2.75) is 35.9 Å². The Balaban J connectivity index is 2.92. The van der Waals surface area contributed by atoms with Crippen LogP contribution in [0, 0.1) is 31.9 Å². The van der Waals surface area contributed by atoms with Crippen molar-refractivity contribution in [3.05, 3.63) is 79.4 Å². The third kappa shape index (κ3) is 5.01. The molecule has 7 nitrogen and oxygen atoms in total. The molecule has 2 rings (SSSR count). The Morgan fingerprint density at radius 2 is 0.846 bits per heavy atom. The average Bonchev–Trinajstić information content (AvgIpc) is 2.74. The van der Waals surface area contributed by atoms with E-state index in [-0.39, 0.29) is 24.3 Å². The number of nitrogens with zero attached hydrogens (tertiary/aromatic N) is 2. The van der Waals surface area contributed by atoms with E-state index in [4.69, 9.17) is 0 Å². The first-order valence-corrected chi connectivity index (χ1v) is 9.21. The molecule has 39 heavy (non-hydrogen) atoms. The Morgan fingerprint density at radius 3 is 1.08 bits per heavy atom. The van der Waals surface area contributed by atoms with Gasteiger partial charge in [0.15, 0.2) is 0 Å².